The summed E-state index contributed by atoms with van der Waals surface area (Å²) in [6, 6.07) is 6.61. The SMILES string of the molecule is CC(C)Oc1ccc(NS(=O)(=O)CC(=O)NCCN2CCCCC2)cc1. The number of nitrogens with zero attached hydrogens (tertiary/aromatic N) is 1. The number of rotatable bonds is 9. The number of carbonyl (C=O) groups excluding carboxylic acids is 1. The molecule has 1 aliphatic heterocycles. The molecule has 0 bridgehead atoms. The first kappa shape index (κ1) is 20.5. The number of nitrogens with one attached hydrogen (secondary N) is 2. The standard InChI is InChI=1S/C18H29N3O4S/c1-15(2)25-17-8-6-16(7-9-17)20-26(23,24)14-18(22)19-10-13-21-11-4-3-5-12-21/h6-9,15,20H,3-5,10-14H2,1-2H3,(H,19,22). The van der Waals surface area contributed by atoms with Crippen molar-refractivity contribution >= 4 is 21.6 Å². The minimum atomic E-state index is -3.74. The zero-order valence-electron chi connectivity index (χ0n) is 15.5. The molecular weight excluding hydrogens is 354 g/mol. The number of carbonyl (C=O) groups is 1. The Kier molecular flexibility index (Phi) is 7.71. The topological polar surface area (TPSA) is 87.7 Å². The van der Waals surface area contributed by atoms with Crippen LogP contribution in [0.1, 0.15) is 33.1 Å². The zero-order chi connectivity index (χ0) is 19.0. The fourth-order valence-corrected chi connectivity index (χ4v) is 3.86. The third-order valence-corrected chi connectivity index (χ3v) is 5.21. The largest absolute Gasteiger partial charge is 0.491 e. The highest BCUT2D eigenvalue weighted by molar-refractivity contribution is 7.93. The molecule has 1 heterocycles. The van der Waals surface area contributed by atoms with Gasteiger partial charge in [-0.05, 0) is 64.0 Å². The first-order chi connectivity index (χ1) is 12.3. The van der Waals surface area contributed by atoms with E-state index in [0.29, 0.717) is 18.0 Å². The predicted molar refractivity (Wildman–Crippen MR) is 103 cm³/mol. The zero-order valence-corrected chi connectivity index (χ0v) is 16.3. The summed E-state index contributed by atoms with van der Waals surface area (Å²) in [5.41, 5.74) is 0.405. The first-order valence-corrected chi connectivity index (χ1v) is 10.8. The molecule has 0 aliphatic carbocycles. The molecule has 1 fully saturated rings. The van der Waals surface area contributed by atoms with Crippen molar-refractivity contribution in [1.29, 1.82) is 0 Å². The third kappa shape index (κ3) is 7.61. The molecule has 0 aromatic heterocycles. The number of amides is 1. The molecule has 26 heavy (non-hydrogen) atoms. The monoisotopic (exact) mass is 383 g/mol. The molecule has 1 aromatic rings. The van der Waals surface area contributed by atoms with Gasteiger partial charge in [0.2, 0.25) is 15.9 Å². The molecule has 0 saturated carbocycles. The van der Waals surface area contributed by atoms with Crippen LogP contribution in [0.5, 0.6) is 5.75 Å². The molecule has 146 valence electrons. The maximum Gasteiger partial charge on any atom is 0.241 e. The third-order valence-electron chi connectivity index (χ3n) is 4.02. The summed E-state index contributed by atoms with van der Waals surface area (Å²) in [7, 11) is -3.74. The molecule has 2 N–H and O–H groups in total. The number of ether oxygens (including phenoxy) is 1. The number of anilines is 1. The van der Waals surface area contributed by atoms with Crippen LogP contribution in [0.2, 0.25) is 0 Å². The second-order valence-corrected chi connectivity index (χ2v) is 8.53. The molecule has 1 saturated heterocycles. The van der Waals surface area contributed by atoms with Crippen LogP contribution in [0.3, 0.4) is 0 Å². The van der Waals surface area contributed by atoms with Gasteiger partial charge in [0, 0.05) is 18.8 Å². The summed E-state index contributed by atoms with van der Waals surface area (Å²) in [5, 5.41) is 2.68. The van der Waals surface area contributed by atoms with Crippen LogP contribution >= 0.6 is 0 Å². The second kappa shape index (κ2) is 9.78. The Hall–Kier alpha value is -1.80. The molecule has 2 rings (SSSR count). The van der Waals surface area contributed by atoms with Gasteiger partial charge in [-0.25, -0.2) is 8.42 Å². The average Bonchev–Trinajstić information content (AvgIpc) is 2.56. The quantitative estimate of drug-likeness (QED) is 0.679. The Bertz CT molecular complexity index is 668. The Morgan fingerprint density at radius 3 is 2.42 bits per heavy atom. The van der Waals surface area contributed by atoms with E-state index in [1.807, 2.05) is 13.8 Å². The van der Waals surface area contributed by atoms with Crippen molar-refractivity contribution in [3.05, 3.63) is 24.3 Å². The lowest BCUT2D eigenvalue weighted by Gasteiger charge is -2.26. The van der Waals surface area contributed by atoms with E-state index in [2.05, 4.69) is 14.9 Å². The predicted octanol–water partition coefficient (Wildman–Crippen LogP) is 1.82. The average molecular weight is 384 g/mol. The lowest BCUT2D eigenvalue weighted by Crippen LogP contribution is -2.40. The van der Waals surface area contributed by atoms with Crippen LogP contribution in [0.15, 0.2) is 24.3 Å². The van der Waals surface area contributed by atoms with Gasteiger partial charge in [-0.15, -0.1) is 0 Å². The van der Waals surface area contributed by atoms with Gasteiger partial charge >= 0.3 is 0 Å². The van der Waals surface area contributed by atoms with Gasteiger partial charge < -0.3 is 15.0 Å². The van der Waals surface area contributed by atoms with Crippen LogP contribution < -0.4 is 14.8 Å². The van der Waals surface area contributed by atoms with Gasteiger partial charge in [0.1, 0.15) is 11.5 Å². The Labute approximate surface area is 156 Å². The lowest BCUT2D eigenvalue weighted by atomic mass is 10.1. The van der Waals surface area contributed by atoms with Crippen molar-refractivity contribution in [2.75, 3.05) is 36.7 Å². The Balaban J connectivity index is 1.75. The summed E-state index contributed by atoms with van der Waals surface area (Å²) in [5.74, 6) is -0.412. The molecule has 1 aromatic carbocycles. The van der Waals surface area contributed by atoms with Crippen molar-refractivity contribution in [3.8, 4) is 5.75 Å². The second-order valence-electron chi connectivity index (χ2n) is 6.80. The van der Waals surface area contributed by atoms with Crippen molar-refractivity contribution in [2.24, 2.45) is 0 Å². The number of sulfonamides is 1. The van der Waals surface area contributed by atoms with Crippen molar-refractivity contribution in [2.45, 2.75) is 39.2 Å². The van der Waals surface area contributed by atoms with Crippen LogP contribution in [0.4, 0.5) is 5.69 Å². The molecule has 1 amide bonds. The van der Waals surface area contributed by atoms with Crippen LogP contribution in [0.25, 0.3) is 0 Å². The molecule has 0 unspecified atom stereocenters. The highest BCUT2D eigenvalue weighted by atomic mass is 32.2. The fraction of sp³-hybridized carbons (Fsp3) is 0.611. The molecule has 0 radical (unpaired) electrons. The minimum Gasteiger partial charge on any atom is -0.491 e. The fourth-order valence-electron chi connectivity index (χ4n) is 2.85. The van der Waals surface area contributed by atoms with Crippen molar-refractivity contribution in [1.82, 2.24) is 10.2 Å². The normalized spacial score (nSPS) is 15.7. The van der Waals surface area contributed by atoms with Crippen molar-refractivity contribution in [3.63, 3.8) is 0 Å². The number of benzene rings is 1. The van der Waals surface area contributed by atoms with E-state index in [4.69, 9.17) is 4.74 Å². The summed E-state index contributed by atoms with van der Waals surface area (Å²) >= 11 is 0. The molecule has 8 heteroatoms. The van der Waals surface area contributed by atoms with E-state index in [0.717, 1.165) is 19.6 Å². The van der Waals surface area contributed by atoms with Gasteiger partial charge in [0.25, 0.3) is 0 Å². The van der Waals surface area contributed by atoms with Crippen LogP contribution in [-0.4, -0.2) is 57.3 Å². The number of hydrogen-bond acceptors (Lipinski definition) is 5. The number of likely N-dealkylation sites (tertiary alicyclic amines) is 1. The van der Waals surface area contributed by atoms with Crippen LogP contribution in [-0.2, 0) is 14.8 Å². The summed E-state index contributed by atoms with van der Waals surface area (Å²) in [4.78, 5) is 14.2. The smallest absolute Gasteiger partial charge is 0.241 e. The summed E-state index contributed by atoms with van der Waals surface area (Å²) in [6.07, 6.45) is 3.68. The Morgan fingerprint density at radius 2 is 1.81 bits per heavy atom. The van der Waals surface area contributed by atoms with Gasteiger partial charge in [0.15, 0.2) is 0 Å². The highest BCUT2D eigenvalue weighted by Gasteiger charge is 2.17. The van der Waals surface area contributed by atoms with Gasteiger partial charge in [-0.1, -0.05) is 6.42 Å². The molecule has 7 nitrogen and oxygen atoms in total. The van der Waals surface area contributed by atoms with E-state index in [1.165, 1.54) is 19.3 Å². The maximum atomic E-state index is 12.1. The number of hydrogen-bond donors (Lipinski definition) is 2. The van der Waals surface area contributed by atoms with Gasteiger partial charge in [0.05, 0.1) is 6.10 Å². The van der Waals surface area contributed by atoms with Crippen molar-refractivity contribution < 1.29 is 17.9 Å². The maximum absolute atomic E-state index is 12.1. The van der Waals surface area contributed by atoms with Crippen LogP contribution in [0, 0.1) is 0 Å². The van der Waals surface area contributed by atoms with Gasteiger partial charge in [-0.2, -0.15) is 0 Å². The summed E-state index contributed by atoms with van der Waals surface area (Å²) < 4.78 is 32.2. The van der Waals surface area contributed by atoms with E-state index in [1.54, 1.807) is 24.3 Å². The summed E-state index contributed by atoms with van der Waals surface area (Å²) in [6.45, 7) is 7.16. The van der Waals surface area contributed by atoms with E-state index in [-0.39, 0.29) is 6.10 Å². The first-order valence-electron chi connectivity index (χ1n) is 9.10. The van der Waals surface area contributed by atoms with E-state index < -0.39 is 21.7 Å². The molecule has 0 spiro atoms. The molecular formula is C18H29N3O4S. The van der Waals surface area contributed by atoms with E-state index >= 15 is 0 Å². The highest BCUT2D eigenvalue weighted by Crippen LogP contribution is 2.17. The molecule has 0 atom stereocenters. The Morgan fingerprint density at radius 1 is 1.15 bits per heavy atom. The number of piperidine rings is 1. The molecule has 1 aliphatic rings. The van der Waals surface area contributed by atoms with Gasteiger partial charge in [-0.3, -0.25) is 9.52 Å². The minimum absolute atomic E-state index is 0.0474. The lowest BCUT2D eigenvalue weighted by molar-refractivity contribution is -0.118. The van der Waals surface area contributed by atoms with E-state index in [9.17, 15) is 13.2 Å².